The molecule has 0 radical (unpaired) electrons. The van der Waals surface area contributed by atoms with E-state index in [9.17, 15) is 13.2 Å². The van der Waals surface area contributed by atoms with Crippen molar-refractivity contribution in [1.82, 2.24) is 9.62 Å². The summed E-state index contributed by atoms with van der Waals surface area (Å²) < 4.78 is 38.7. The third-order valence-electron chi connectivity index (χ3n) is 4.40. The molecule has 1 fully saturated rings. The molecule has 2 aromatic carbocycles. The van der Waals surface area contributed by atoms with Crippen molar-refractivity contribution in [2.45, 2.75) is 10.9 Å². The smallest absolute Gasteiger partial charge is 0.244 e. The van der Waals surface area contributed by atoms with Crippen molar-refractivity contribution in [1.29, 1.82) is 0 Å². The fourth-order valence-corrected chi connectivity index (χ4v) is 4.77. The quantitative estimate of drug-likeness (QED) is 0.876. The molecular weight excluding hydrogens is 356 g/mol. The second kappa shape index (κ2) is 6.62. The van der Waals surface area contributed by atoms with E-state index in [0.717, 1.165) is 0 Å². The Hall–Kier alpha value is -2.58. The Balaban J connectivity index is 1.75. The zero-order chi connectivity index (χ0) is 18.1. The van der Waals surface area contributed by atoms with Crippen LogP contribution in [0.5, 0.6) is 11.5 Å². The van der Waals surface area contributed by atoms with Crippen molar-refractivity contribution in [2.75, 3.05) is 26.3 Å². The summed E-state index contributed by atoms with van der Waals surface area (Å²) >= 11 is 0. The van der Waals surface area contributed by atoms with E-state index in [4.69, 9.17) is 9.47 Å². The number of rotatable bonds is 3. The number of fused-ring (bicyclic) bond motifs is 1. The van der Waals surface area contributed by atoms with Crippen LogP contribution < -0.4 is 14.8 Å². The number of hydrogen-bond acceptors (Lipinski definition) is 5. The van der Waals surface area contributed by atoms with Gasteiger partial charge in [0.2, 0.25) is 15.9 Å². The summed E-state index contributed by atoms with van der Waals surface area (Å²) in [6, 6.07) is 12.5. The number of benzene rings is 2. The van der Waals surface area contributed by atoms with Crippen molar-refractivity contribution in [3.05, 3.63) is 54.1 Å². The number of nitrogens with zero attached hydrogens (tertiary/aromatic N) is 1. The van der Waals surface area contributed by atoms with Gasteiger partial charge in [-0.2, -0.15) is 4.31 Å². The molecule has 136 valence electrons. The summed E-state index contributed by atoms with van der Waals surface area (Å²) in [7, 11) is -3.89. The number of hydrogen-bond donors (Lipinski definition) is 1. The molecule has 2 aromatic rings. The van der Waals surface area contributed by atoms with E-state index in [1.165, 1.54) is 16.4 Å². The first-order valence-corrected chi connectivity index (χ1v) is 9.75. The average Bonchev–Trinajstić information content (AvgIpc) is 2.68. The molecule has 1 atom stereocenters. The number of sulfonamides is 1. The van der Waals surface area contributed by atoms with Gasteiger partial charge in [-0.05, 0) is 17.7 Å². The molecule has 7 nitrogen and oxygen atoms in total. The monoisotopic (exact) mass is 374 g/mol. The Morgan fingerprint density at radius 3 is 2.50 bits per heavy atom. The summed E-state index contributed by atoms with van der Waals surface area (Å²) in [5.74, 6) is 0.588. The first kappa shape index (κ1) is 16.9. The fourth-order valence-electron chi connectivity index (χ4n) is 3.18. The molecule has 0 unspecified atom stereocenters. The van der Waals surface area contributed by atoms with E-state index in [2.05, 4.69) is 5.32 Å². The molecule has 0 aromatic heterocycles. The van der Waals surface area contributed by atoms with E-state index in [-0.39, 0.29) is 23.9 Å². The molecule has 2 aliphatic heterocycles. The summed E-state index contributed by atoms with van der Waals surface area (Å²) in [5, 5.41) is 2.74. The number of carbonyl (C=O) groups is 1. The fraction of sp³-hybridized carbons (Fsp3) is 0.278. The summed E-state index contributed by atoms with van der Waals surface area (Å²) in [5.41, 5.74) is 0.630. The van der Waals surface area contributed by atoms with Crippen LogP contribution in [-0.4, -0.2) is 44.9 Å². The zero-order valence-corrected chi connectivity index (χ0v) is 14.7. The van der Waals surface area contributed by atoms with Gasteiger partial charge in [0.15, 0.2) is 11.5 Å². The maximum Gasteiger partial charge on any atom is 0.244 e. The minimum absolute atomic E-state index is 0.0809. The summed E-state index contributed by atoms with van der Waals surface area (Å²) in [6.07, 6.45) is 0. The lowest BCUT2D eigenvalue weighted by atomic mass is 10.1. The molecule has 1 amide bonds. The first-order valence-electron chi connectivity index (χ1n) is 8.31. The van der Waals surface area contributed by atoms with E-state index in [0.29, 0.717) is 30.3 Å². The Kier molecular flexibility index (Phi) is 4.29. The van der Waals surface area contributed by atoms with E-state index in [1.807, 2.05) is 6.07 Å². The molecule has 2 heterocycles. The predicted octanol–water partition coefficient (Wildman–Crippen LogP) is 1.32. The number of carbonyl (C=O) groups excluding carboxylic acids is 1. The zero-order valence-electron chi connectivity index (χ0n) is 13.9. The third-order valence-corrected chi connectivity index (χ3v) is 6.26. The molecule has 4 rings (SSSR count). The minimum atomic E-state index is -3.89. The highest BCUT2D eigenvalue weighted by Gasteiger charge is 2.39. The Bertz CT molecular complexity index is 930. The lowest BCUT2D eigenvalue weighted by molar-refractivity contribution is -0.126. The van der Waals surface area contributed by atoms with Gasteiger partial charge >= 0.3 is 0 Å². The second-order valence-electron chi connectivity index (χ2n) is 6.03. The number of ether oxygens (including phenoxy) is 2. The van der Waals surface area contributed by atoms with Gasteiger partial charge in [-0.3, -0.25) is 4.79 Å². The van der Waals surface area contributed by atoms with Gasteiger partial charge in [-0.15, -0.1) is 0 Å². The van der Waals surface area contributed by atoms with Crippen molar-refractivity contribution in [3.63, 3.8) is 0 Å². The first-order chi connectivity index (χ1) is 12.6. The van der Waals surface area contributed by atoms with Gasteiger partial charge in [0.05, 0.1) is 4.90 Å². The molecule has 1 saturated heterocycles. The van der Waals surface area contributed by atoms with Gasteiger partial charge in [-0.25, -0.2) is 8.42 Å². The van der Waals surface area contributed by atoms with Crippen molar-refractivity contribution in [2.24, 2.45) is 0 Å². The molecule has 26 heavy (non-hydrogen) atoms. The Labute approximate surface area is 151 Å². The number of nitrogens with one attached hydrogen (secondary N) is 1. The molecule has 0 spiro atoms. The molecule has 0 aliphatic carbocycles. The van der Waals surface area contributed by atoms with Gasteiger partial charge in [0.25, 0.3) is 0 Å². The van der Waals surface area contributed by atoms with Gasteiger partial charge in [0, 0.05) is 19.2 Å². The molecule has 8 heteroatoms. The highest BCUT2D eigenvalue weighted by molar-refractivity contribution is 7.89. The van der Waals surface area contributed by atoms with E-state index < -0.39 is 16.1 Å². The second-order valence-corrected chi connectivity index (χ2v) is 7.92. The van der Waals surface area contributed by atoms with Crippen LogP contribution in [0.4, 0.5) is 0 Å². The lowest BCUT2D eigenvalue weighted by Crippen LogP contribution is -2.52. The standard InChI is InChI=1S/C18H18N2O5S/c21-18-17(13-4-2-1-3-5-13)20(9-8-19-18)26(22,23)14-6-7-15-16(12-14)25-11-10-24-15/h1-7,12,17H,8-11H2,(H,19,21)/t17-/m0/s1. The molecule has 2 aliphatic rings. The van der Waals surface area contributed by atoms with Crippen LogP contribution in [0.2, 0.25) is 0 Å². The SMILES string of the molecule is O=C1NCCN(S(=O)(=O)c2ccc3c(c2)OCCO3)[C@H]1c1ccccc1. The van der Waals surface area contributed by atoms with Gasteiger partial charge < -0.3 is 14.8 Å². The lowest BCUT2D eigenvalue weighted by Gasteiger charge is -2.34. The van der Waals surface area contributed by atoms with Crippen LogP contribution in [0, 0.1) is 0 Å². The molecular formula is C18H18N2O5S. The van der Waals surface area contributed by atoms with Crippen LogP contribution in [0.1, 0.15) is 11.6 Å². The van der Waals surface area contributed by atoms with E-state index in [1.54, 1.807) is 30.3 Å². The number of amides is 1. The molecule has 1 N–H and O–H groups in total. The van der Waals surface area contributed by atoms with Crippen LogP contribution in [0.3, 0.4) is 0 Å². The number of piperazine rings is 1. The van der Waals surface area contributed by atoms with Gasteiger partial charge in [0.1, 0.15) is 19.3 Å². The van der Waals surface area contributed by atoms with Crippen LogP contribution in [-0.2, 0) is 14.8 Å². The van der Waals surface area contributed by atoms with Gasteiger partial charge in [-0.1, -0.05) is 30.3 Å². The predicted molar refractivity (Wildman–Crippen MR) is 93.5 cm³/mol. The average molecular weight is 374 g/mol. The van der Waals surface area contributed by atoms with Crippen molar-refractivity contribution < 1.29 is 22.7 Å². The van der Waals surface area contributed by atoms with Crippen molar-refractivity contribution in [3.8, 4) is 11.5 Å². The van der Waals surface area contributed by atoms with Crippen LogP contribution in [0.25, 0.3) is 0 Å². The maximum absolute atomic E-state index is 13.3. The third kappa shape index (κ3) is 2.91. The minimum Gasteiger partial charge on any atom is -0.486 e. The largest absolute Gasteiger partial charge is 0.486 e. The van der Waals surface area contributed by atoms with Crippen LogP contribution >= 0.6 is 0 Å². The maximum atomic E-state index is 13.3. The Morgan fingerprint density at radius 1 is 1.00 bits per heavy atom. The molecule has 0 saturated carbocycles. The summed E-state index contributed by atoms with van der Waals surface area (Å²) in [4.78, 5) is 12.5. The highest BCUT2D eigenvalue weighted by Crippen LogP contribution is 2.35. The summed E-state index contributed by atoms with van der Waals surface area (Å²) in [6.45, 7) is 1.27. The van der Waals surface area contributed by atoms with E-state index >= 15 is 0 Å². The normalized spacial score (nSPS) is 20.5. The van der Waals surface area contributed by atoms with Crippen LogP contribution in [0.15, 0.2) is 53.4 Å². The van der Waals surface area contributed by atoms with Crippen molar-refractivity contribution >= 4 is 15.9 Å². The highest BCUT2D eigenvalue weighted by atomic mass is 32.2. The molecule has 0 bridgehead atoms. The topological polar surface area (TPSA) is 84.9 Å². The Morgan fingerprint density at radius 2 is 1.73 bits per heavy atom.